The Labute approximate surface area is 129 Å². The van der Waals surface area contributed by atoms with Crippen LogP contribution in [-0.2, 0) is 0 Å². The number of halogens is 1. The third kappa shape index (κ3) is 2.98. The number of rotatable bonds is 2. The van der Waals surface area contributed by atoms with Crippen LogP contribution in [0.5, 0.6) is 0 Å². The van der Waals surface area contributed by atoms with Gasteiger partial charge in [0, 0.05) is 0 Å². The van der Waals surface area contributed by atoms with Crippen LogP contribution in [0.4, 0.5) is 0 Å². The lowest BCUT2D eigenvalue weighted by Gasteiger charge is -2.43. The lowest BCUT2D eigenvalue weighted by molar-refractivity contribution is 0.636. The molecule has 108 valence electrons. The predicted molar refractivity (Wildman–Crippen MR) is 92.6 cm³/mol. The fraction of sp³-hybridized carbons (Fsp3) is 0.556. The van der Waals surface area contributed by atoms with Crippen LogP contribution in [0.3, 0.4) is 0 Å². The minimum atomic E-state index is 0.0353. The van der Waals surface area contributed by atoms with Gasteiger partial charge in [0.25, 0.3) is 6.13 Å². The summed E-state index contributed by atoms with van der Waals surface area (Å²) in [5.41, 5.74) is 5.56. The summed E-state index contributed by atoms with van der Waals surface area (Å²) in [5.74, 6) is 0. The Hall–Kier alpha value is -0.685. The van der Waals surface area contributed by atoms with E-state index in [9.17, 15) is 0 Å². The van der Waals surface area contributed by atoms with Gasteiger partial charge in [-0.05, 0) is 51.2 Å². The molecule has 20 heavy (non-hydrogen) atoms. The third-order valence-electron chi connectivity index (χ3n) is 4.54. The molecule has 0 N–H and O–H groups in total. The van der Waals surface area contributed by atoms with Crippen molar-refractivity contribution in [2.45, 2.75) is 65.0 Å². The highest BCUT2D eigenvalue weighted by Gasteiger charge is 2.47. The van der Waals surface area contributed by atoms with Crippen molar-refractivity contribution in [1.29, 1.82) is 0 Å². The highest BCUT2D eigenvalue weighted by atomic mass is 35.5. The Kier molecular flexibility index (Phi) is 4.13. The van der Waals surface area contributed by atoms with Crippen LogP contribution in [0.2, 0.25) is 10.6 Å². The van der Waals surface area contributed by atoms with E-state index >= 15 is 0 Å². The predicted octanol–water partition coefficient (Wildman–Crippen LogP) is 6.33. The van der Waals surface area contributed by atoms with Crippen LogP contribution in [0.15, 0.2) is 46.6 Å². The molecular weight excluding hydrogens is 262 g/mol. The van der Waals surface area contributed by atoms with Gasteiger partial charge in [-0.1, -0.05) is 60.4 Å². The summed E-state index contributed by atoms with van der Waals surface area (Å²) in [5, 5.41) is 0.0707. The van der Waals surface area contributed by atoms with E-state index in [1.54, 1.807) is 0 Å². The number of hydrogen-bond acceptors (Lipinski definition) is 0. The van der Waals surface area contributed by atoms with Crippen LogP contribution in [0.1, 0.15) is 54.4 Å². The molecule has 0 aromatic rings. The van der Waals surface area contributed by atoms with E-state index < -0.39 is 0 Å². The van der Waals surface area contributed by atoms with Crippen molar-refractivity contribution in [1.82, 2.24) is 0 Å². The maximum Gasteiger partial charge on any atom is 0.271 e. The second-order valence-corrected chi connectivity index (χ2v) is 7.92. The van der Waals surface area contributed by atoms with E-state index in [4.69, 9.17) is 11.5 Å². The van der Waals surface area contributed by atoms with Gasteiger partial charge >= 0.3 is 0 Å². The Balaban J connectivity index is 2.35. The lowest BCUT2D eigenvalue weighted by atomic mass is 9.35. The molecule has 0 aliphatic heterocycles. The Morgan fingerprint density at radius 3 is 1.50 bits per heavy atom. The number of hydrogen-bond donors (Lipinski definition) is 0. The highest BCUT2D eigenvalue weighted by molar-refractivity contribution is 7.10. The molecule has 0 spiro atoms. The molecule has 0 radical (unpaired) electrons. The third-order valence-corrected chi connectivity index (χ3v) is 5.54. The molecule has 2 aliphatic rings. The Bertz CT molecular complexity index is 490. The summed E-state index contributed by atoms with van der Waals surface area (Å²) in [6, 6.07) is 0. The summed E-state index contributed by atoms with van der Waals surface area (Å²) in [4.78, 5) is 0. The van der Waals surface area contributed by atoms with E-state index in [1.807, 2.05) is 0 Å². The molecule has 2 aliphatic carbocycles. The monoisotopic (exact) mass is 288 g/mol. The van der Waals surface area contributed by atoms with Crippen LogP contribution in [0.25, 0.3) is 0 Å². The molecular formula is C18H26BCl. The molecule has 0 heterocycles. The smallest absolute Gasteiger partial charge is 0.194 e. The van der Waals surface area contributed by atoms with Gasteiger partial charge in [-0.25, -0.2) is 0 Å². The zero-order valence-corrected chi connectivity index (χ0v) is 14.4. The summed E-state index contributed by atoms with van der Waals surface area (Å²) >= 11 is 7.04. The Morgan fingerprint density at radius 2 is 1.20 bits per heavy atom. The molecule has 0 fully saturated rings. The first-order chi connectivity index (χ1) is 9.14. The lowest BCUT2D eigenvalue weighted by Crippen LogP contribution is -2.37. The molecule has 2 unspecified atom stereocenters. The molecule has 0 aromatic carbocycles. The first-order valence-electron chi connectivity index (χ1n) is 7.52. The quantitative estimate of drug-likeness (QED) is 0.521. The van der Waals surface area contributed by atoms with Gasteiger partial charge in [-0.2, -0.15) is 11.5 Å². The minimum absolute atomic E-state index is 0.0353. The standard InChI is InChI=1S/C18H26BCl/c1-13-7-14(2)10-17(5,9-13)19(20)18(6)11-15(3)8-16(4)12-18/h7-9,11H,10,12H2,1-6H3. The van der Waals surface area contributed by atoms with E-state index in [-0.39, 0.29) is 16.8 Å². The average molecular weight is 289 g/mol. The average Bonchev–Trinajstić information content (AvgIpc) is 2.23. The summed E-state index contributed by atoms with van der Waals surface area (Å²) in [6.07, 6.45) is 11.5. The summed E-state index contributed by atoms with van der Waals surface area (Å²) in [6.45, 7) is 13.4. The molecule has 0 saturated carbocycles. The maximum atomic E-state index is 7.04. The first-order valence-corrected chi connectivity index (χ1v) is 7.96. The fourth-order valence-corrected chi connectivity index (χ4v) is 4.67. The molecule has 2 rings (SSSR count). The van der Waals surface area contributed by atoms with E-state index in [0.29, 0.717) is 0 Å². The molecule has 0 saturated heterocycles. The van der Waals surface area contributed by atoms with Crippen LogP contribution >= 0.6 is 11.5 Å². The van der Waals surface area contributed by atoms with Gasteiger partial charge < -0.3 is 0 Å². The van der Waals surface area contributed by atoms with E-state index in [0.717, 1.165) is 12.8 Å². The molecule has 0 nitrogen and oxygen atoms in total. The zero-order valence-electron chi connectivity index (χ0n) is 13.7. The maximum absolute atomic E-state index is 7.04. The van der Waals surface area contributed by atoms with Crippen molar-refractivity contribution in [3.05, 3.63) is 46.6 Å². The van der Waals surface area contributed by atoms with Crippen molar-refractivity contribution < 1.29 is 0 Å². The van der Waals surface area contributed by atoms with Gasteiger partial charge in [0.1, 0.15) is 0 Å². The molecule has 0 aromatic heterocycles. The first kappa shape index (κ1) is 15.7. The molecule has 2 heteroatoms. The van der Waals surface area contributed by atoms with E-state index in [2.05, 4.69) is 65.8 Å². The molecule has 0 bridgehead atoms. The van der Waals surface area contributed by atoms with Gasteiger partial charge in [-0.15, -0.1) is 0 Å². The largest absolute Gasteiger partial charge is 0.271 e. The fourth-order valence-electron chi connectivity index (χ4n) is 4.39. The summed E-state index contributed by atoms with van der Waals surface area (Å²) in [7, 11) is 0. The second-order valence-electron chi connectivity index (χ2n) is 7.49. The SMILES string of the molecule is CC1=CC(C)(B(Cl)C2(C)C=C(C)C=C(C)C2)CC(C)=C1. The van der Waals surface area contributed by atoms with Crippen molar-refractivity contribution in [2.75, 3.05) is 0 Å². The van der Waals surface area contributed by atoms with E-state index in [1.165, 1.54) is 22.3 Å². The zero-order chi connectivity index (χ0) is 15.1. The highest BCUT2D eigenvalue weighted by Crippen LogP contribution is 2.56. The number of allylic oxidation sites excluding steroid dienone is 8. The molecule has 2 atom stereocenters. The van der Waals surface area contributed by atoms with Crippen molar-refractivity contribution in [2.24, 2.45) is 0 Å². The summed E-state index contributed by atoms with van der Waals surface area (Å²) < 4.78 is 0. The van der Waals surface area contributed by atoms with Crippen LogP contribution in [-0.4, -0.2) is 6.13 Å². The van der Waals surface area contributed by atoms with Crippen LogP contribution in [0, 0.1) is 0 Å². The van der Waals surface area contributed by atoms with Crippen LogP contribution < -0.4 is 0 Å². The van der Waals surface area contributed by atoms with Crippen molar-refractivity contribution >= 4 is 17.6 Å². The van der Waals surface area contributed by atoms with Crippen molar-refractivity contribution in [3.8, 4) is 0 Å². The van der Waals surface area contributed by atoms with Gasteiger partial charge in [0.05, 0.1) is 0 Å². The van der Waals surface area contributed by atoms with Crippen molar-refractivity contribution in [3.63, 3.8) is 0 Å². The second kappa shape index (κ2) is 5.26. The topological polar surface area (TPSA) is 0 Å². The Morgan fingerprint density at radius 1 is 0.850 bits per heavy atom. The normalized spacial score (nSPS) is 34.0. The minimum Gasteiger partial charge on any atom is -0.194 e. The van der Waals surface area contributed by atoms with Gasteiger partial charge in [-0.3, -0.25) is 0 Å². The van der Waals surface area contributed by atoms with Gasteiger partial charge in [0.15, 0.2) is 0 Å². The van der Waals surface area contributed by atoms with Gasteiger partial charge in [0.2, 0.25) is 0 Å². The molecule has 0 amide bonds.